The maximum absolute atomic E-state index is 3.81. The van der Waals surface area contributed by atoms with Crippen molar-refractivity contribution < 1.29 is 58.2 Å². The molecule has 46 valence electrons. The van der Waals surface area contributed by atoms with E-state index in [-0.39, 0.29) is 58.2 Å². The first-order valence-corrected chi connectivity index (χ1v) is 3.56. The van der Waals surface area contributed by atoms with Crippen LogP contribution in [0.15, 0.2) is 5.38 Å². The topological polar surface area (TPSA) is 12.9 Å². The van der Waals surface area contributed by atoms with Gasteiger partial charge in [0, 0.05) is 0 Å². The summed E-state index contributed by atoms with van der Waals surface area (Å²) in [6.45, 7) is 5.95. The van der Waals surface area contributed by atoms with E-state index in [0.717, 1.165) is 5.69 Å². The Labute approximate surface area is 110 Å². The number of hydrogen-bond donors (Lipinski definition) is 0. The number of aromatic nitrogens is 1. The zero-order valence-corrected chi connectivity index (χ0v) is 12.2. The van der Waals surface area contributed by atoms with Crippen molar-refractivity contribution in [3.05, 3.63) is 16.6 Å². The van der Waals surface area contributed by atoms with E-state index in [1.807, 2.05) is 26.2 Å². The molecule has 0 aromatic carbocycles. The van der Waals surface area contributed by atoms with E-state index in [4.69, 9.17) is 0 Å². The van der Waals surface area contributed by atoms with E-state index in [9.17, 15) is 0 Å². The molecule has 1 aromatic heterocycles. The van der Waals surface area contributed by atoms with Gasteiger partial charge in [-0.3, -0.25) is 11.3 Å². The van der Waals surface area contributed by atoms with Crippen LogP contribution in [-0.4, -0.2) is 4.98 Å². The first-order chi connectivity index (χ1) is 3.89. The monoisotopic (exact) mass is 213 g/mol. The molecule has 0 atom stereocenters. The van der Waals surface area contributed by atoms with Crippen molar-refractivity contribution in [3.63, 3.8) is 0 Å². The quantitative estimate of drug-likeness (QED) is 0.519. The van der Waals surface area contributed by atoms with Crippen LogP contribution in [0.4, 0.5) is 0 Å². The van der Waals surface area contributed by atoms with E-state index in [1.165, 1.54) is 11.3 Å². The van der Waals surface area contributed by atoms with Crippen LogP contribution in [0.5, 0.6) is 0 Å². The Bertz CT molecular complexity index is 117. The van der Waals surface area contributed by atoms with E-state index in [1.54, 1.807) is 0 Å². The SMILES string of the molecule is CC.Cc1cs[c-]n1.[Rb+]. The number of thiazole rings is 1. The molecule has 0 radical (unpaired) electrons. The Balaban J connectivity index is 0. The Morgan fingerprint density at radius 2 is 2.11 bits per heavy atom. The number of hydrogen-bond acceptors (Lipinski definition) is 2. The van der Waals surface area contributed by atoms with Crippen LogP contribution in [0, 0.1) is 12.4 Å². The van der Waals surface area contributed by atoms with Crippen LogP contribution in [0.3, 0.4) is 0 Å². The predicted molar refractivity (Wildman–Crippen MR) is 37.0 cm³/mol. The van der Waals surface area contributed by atoms with Crippen LogP contribution in [-0.2, 0) is 0 Å². The third kappa shape index (κ3) is 7.33. The second-order valence-corrected chi connectivity index (χ2v) is 1.73. The summed E-state index contributed by atoms with van der Waals surface area (Å²) in [5.74, 6) is 0. The minimum Gasteiger partial charge on any atom is -0.391 e. The average molecular weight is 214 g/mol. The second kappa shape index (κ2) is 9.44. The molecule has 0 saturated carbocycles. The summed E-state index contributed by atoms with van der Waals surface area (Å²) in [7, 11) is 0. The van der Waals surface area contributed by atoms with E-state index in [2.05, 4.69) is 10.5 Å². The van der Waals surface area contributed by atoms with E-state index < -0.39 is 0 Å². The second-order valence-electron chi connectivity index (χ2n) is 1.08. The normalized spacial score (nSPS) is 6.56. The first-order valence-electron chi connectivity index (χ1n) is 2.68. The summed E-state index contributed by atoms with van der Waals surface area (Å²) in [5.41, 5.74) is 3.78. The van der Waals surface area contributed by atoms with Gasteiger partial charge in [-0.05, 0) is 5.51 Å². The fourth-order valence-corrected chi connectivity index (χ4v) is 0.709. The molecule has 0 amide bonds. The van der Waals surface area contributed by atoms with E-state index >= 15 is 0 Å². The van der Waals surface area contributed by atoms with Gasteiger partial charge in [-0.25, -0.2) is 0 Å². The maximum atomic E-state index is 3.81. The zero-order valence-electron chi connectivity index (χ0n) is 6.43. The van der Waals surface area contributed by atoms with Gasteiger partial charge < -0.3 is 4.98 Å². The van der Waals surface area contributed by atoms with Crippen LogP contribution >= 0.6 is 11.3 Å². The summed E-state index contributed by atoms with van der Waals surface area (Å²) >= 11 is 1.50. The van der Waals surface area contributed by atoms with Gasteiger partial charge >= 0.3 is 58.2 Å². The zero-order chi connectivity index (χ0) is 6.41. The fourth-order valence-electron chi connectivity index (χ4n) is 0.236. The van der Waals surface area contributed by atoms with E-state index in [0.29, 0.717) is 0 Å². The standard InChI is InChI=1S/C4H4NS.C2H6.Rb/c1-4-2-6-3-5-4;1-2;/h2H,1H3;1-2H3;/q-1;;+1. The average Bonchev–Trinajstić information content (AvgIpc) is 2.24. The number of nitrogens with zero attached hydrogens (tertiary/aromatic N) is 1. The molecule has 1 nitrogen and oxygen atoms in total. The summed E-state index contributed by atoms with van der Waals surface area (Å²) in [6, 6.07) is 0. The van der Waals surface area contributed by atoms with Crippen molar-refractivity contribution in [1.29, 1.82) is 0 Å². The molecule has 3 heteroatoms. The third-order valence-electron chi connectivity index (χ3n) is 0.504. The molecule has 0 aliphatic heterocycles. The van der Waals surface area contributed by atoms with Gasteiger partial charge in [-0.1, -0.05) is 20.8 Å². The number of rotatable bonds is 0. The predicted octanol–water partition coefficient (Wildman–Crippen LogP) is -0.718. The Hall–Kier alpha value is 1.44. The molecule has 0 fully saturated rings. The molecule has 0 aliphatic carbocycles. The van der Waals surface area contributed by atoms with Crippen molar-refractivity contribution in [2.75, 3.05) is 0 Å². The first kappa shape index (κ1) is 13.1. The van der Waals surface area contributed by atoms with Crippen molar-refractivity contribution in [3.8, 4) is 0 Å². The molecule has 1 heterocycles. The third-order valence-corrected chi connectivity index (χ3v) is 1.16. The van der Waals surface area contributed by atoms with Crippen LogP contribution in [0.1, 0.15) is 19.5 Å². The molecular weight excluding hydrogens is 204 g/mol. The van der Waals surface area contributed by atoms with Crippen LogP contribution in [0.2, 0.25) is 0 Å². The Kier molecular flexibility index (Phi) is 13.7. The summed E-state index contributed by atoms with van der Waals surface area (Å²) < 4.78 is 0. The maximum Gasteiger partial charge on any atom is 1.00 e. The largest absolute Gasteiger partial charge is 1.00 e. The summed E-state index contributed by atoms with van der Waals surface area (Å²) in [4.78, 5) is 3.81. The van der Waals surface area contributed by atoms with Gasteiger partial charge in [-0.15, -0.1) is 11.1 Å². The smallest absolute Gasteiger partial charge is 0.391 e. The molecule has 0 saturated heterocycles. The van der Waals surface area contributed by atoms with Crippen LogP contribution in [0.25, 0.3) is 0 Å². The van der Waals surface area contributed by atoms with Gasteiger partial charge in [0.25, 0.3) is 0 Å². The Morgan fingerprint density at radius 1 is 1.56 bits per heavy atom. The molecule has 0 unspecified atom stereocenters. The molecule has 1 aromatic rings. The van der Waals surface area contributed by atoms with Gasteiger partial charge in [0.15, 0.2) is 0 Å². The van der Waals surface area contributed by atoms with Crippen LogP contribution < -0.4 is 58.2 Å². The van der Waals surface area contributed by atoms with Crippen molar-refractivity contribution in [2.24, 2.45) is 0 Å². The van der Waals surface area contributed by atoms with Gasteiger partial charge in [0.2, 0.25) is 0 Å². The fraction of sp³-hybridized carbons (Fsp3) is 0.500. The van der Waals surface area contributed by atoms with Gasteiger partial charge in [0.1, 0.15) is 0 Å². The molecule has 9 heavy (non-hydrogen) atoms. The van der Waals surface area contributed by atoms with Crippen molar-refractivity contribution >= 4 is 11.3 Å². The summed E-state index contributed by atoms with van der Waals surface area (Å²) in [6.07, 6.45) is 0. The molecular formula is C6H10NRbS. The Morgan fingerprint density at radius 3 is 2.22 bits per heavy atom. The van der Waals surface area contributed by atoms with Crippen molar-refractivity contribution in [1.82, 2.24) is 4.98 Å². The minimum atomic E-state index is 0. The number of aryl methyl sites for hydroxylation is 1. The molecule has 0 N–H and O–H groups in total. The van der Waals surface area contributed by atoms with Crippen molar-refractivity contribution in [2.45, 2.75) is 20.8 Å². The summed E-state index contributed by atoms with van der Waals surface area (Å²) in [5, 5.41) is 1.96. The molecule has 0 bridgehead atoms. The van der Waals surface area contributed by atoms with Gasteiger partial charge in [-0.2, -0.15) is 0 Å². The molecule has 0 aliphatic rings. The van der Waals surface area contributed by atoms with Gasteiger partial charge in [0.05, 0.1) is 0 Å². The minimum absolute atomic E-state index is 0. The molecule has 1 rings (SSSR count). The molecule has 0 spiro atoms.